The highest BCUT2D eigenvalue weighted by Gasteiger charge is 2.45. The molecule has 0 saturated carbocycles. The van der Waals surface area contributed by atoms with Crippen LogP contribution in [0, 0.1) is 0 Å². The minimum absolute atomic E-state index is 0.132. The number of aliphatic hydroxyl groups is 2. The predicted octanol–water partition coefficient (Wildman–Crippen LogP) is 0.573. The summed E-state index contributed by atoms with van der Waals surface area (Å²) in [4.78, 5) is 25.0. The van der Waals surface area contributed by atoms with Crippen LogP contribution in [0.15, 0.2) is 43.0 Å². The van der Waals surface area contributed by atoms with Gasteiger partial charge in [-0.1, -0.05) is 30.3 Å². The Hall–Kier alpha value is -3.32. The van der Waals surface area contributed by atoms with Crippen molar-refractivity contribution in [2.45, 2.75) is 43.5 Å². The van der Waals surface area contributed by atoms with E-state index >= 15 is 0 Å². The molecule has 180 valence electrons. The normalized spacial score (nSPS) is 26.6. The predicted molar refractivity (Wildman–Crippen MR) is 119 cm³/mol. The fraction of sp³-hybridized carbons (Fsp3) is 0.455. The molecule has 0 radical (unpaired) electrons. The highest BCUT2D eigenvalue weighted by Crippen LogP contribution is 2.32. The maximum Gasteiger partial charge on any atom is 0.407 e. The van der Waals surface area contributed by atoms with Gasteiger partial charge >= 0.3 is 6.09 Å². The zero-order valence-electron chi connectivity index (χ0n) is 18.3. The lowest BCUT2D eigenvalue weighted by atomic mass is 10.1. The second kappa shape index (κ2) is 9.89. The van der Waals surface area contributed by atoms with E-state index in [0.29, 0.717) is 36.7 Å². The number of hydrogen-bond donors (Lipinski definition) is 4. The van der Waals surface area contributed by atoms with Gasteiger partial charge in [-0.3, -0.25) is 4.57 Å². The number of rotatable bonds is 7. The number of benzene rings is 1. The minimum Gasteiger partial charge on any atom is -0.447 e. The maximum absolute atomic E-state index is 12.0. The Labute approximate surface area is 194 Å². The van der Waals surface area contributed by atoms with Gasteiger partial charge in [0.2, 0.25) is 0 Å². The van der Waals surface area contributed by atoms with Gasteiger partial charge in [-0.15, -0.1) is 0 Å². The number of hydrogen-bond acceptors (Lipinski definition) is 10. The first-order chi connectivity index (χ1) is 16.6. The van der Waals surface area contributed by atoms with Crippen LogP contribution >= 0.6 is 0 Å². The van der Waals surface area contributed by atoms with Crippen molar-refractivity contribution in [2.24, 2.45) is 0 Å². The van der Waals surface area contributed by atoms with Crippen molar-refractivity contribution in [3.05, 3.63) is 48.5 Å². The summed E-state index contributed by atoms with van der Waals surface area (Å²) in [6, 6.07) is 9.53. The van der Waals surface area contributed by atoms with Crippen LogP contribution < -0.4 is 10.6 Å². The van der Waals surface area contributed by atoms with E-state index in [-0.39, 0.29) is 12.6 Å². The Morgan fingerprint density at radius 3 is 2.82 bits per heavy atom. The third-order valence-corrected chi connectivity index (χ3v) is 5.90. The summed E-state index contributed by atoms with van der Waals surface area (Å²) in [5, 5.41) is 27.0. The number of nitrogens with zero attached hydrogens (tertiary/aromatic N) is 4. The summed E-state index contributed by atoms with van der Waals surface area (Å²) in [5.74, 6) is 0.558. The summed E-state index contributed by atoms with van der Waals surface area (Å²) in [7, 11) is 0. The highest BCUT2D eigenvalue weighted by molar-refractivity contribution is 5.82. The van der Waals surface area contributed by atoms with Gasteiger partial charge in [-0.05, 0) is 12.0 Å². The van der Waals surface area contributed by atoms with Gasteiger partial charge < -0.3 is 35.1 Å². The molecular weight excluding hydrogens is 444 g/mol. The number of ether oxygens (including phenoxy) is 3. The van der Waals surface area contributed by atoms with Crippen LogP contribution in [0.4, 0.5) is 10.6 Å². The second-order valence-corrected chi connectivity index (χ2v) is 8.24. The Bertz CT molecular complexity index is 1120. The van der Waals surface area contributed by atoms with E-state index in [0.717, 1.165) is 12.0 Å². The zero-order valence-corrected chi connectivity index (χ0v) is 18.3. The average molecular weight is 470 g/mol. The summed E-state index contributed by atoms with van der Waals surface area (Å²) in [6.07, 6.45) is -1.32. The summed E-state index contributed by atoms with van der Waals surface area (Å²) in [6.45, 7) is 1.35. The summed E-state index contributed by atoms with van der Waals surface area (Å²) in [5.41, 5.74) is 1.88. The first-order valence-corrected chi connectivity index (χ1v) is 11.1. The lowest BCUT2D eigenvalue weighted by Crippen LogP contribution is -2.35. The van der Waals surface area contributed by atoms with Crippen molar-refractivity contribution in [1.82, 2.24) is 24.8 Å². The lowest BCUT2D eigenvalue weighted by Gasteiger charge is -2.17. The molecule has 12 heteroatoms. The molecular formula is C22H26N6O6. The Balaban J connectivity index is 1.22. The van der Waals surface area contributed by atoms with E-state index in [1.165, 1.54) is 17.2 Å². The monoisotopic (exact) mass is 470 g/mol. The van der Waals surface area contributed by atoms with E-state index < -0.39 is 30.6 Å². The summed E-state index contributed by atoms with van der Waals surface area (Å²) < 4.78 is 18.0. The van der Waals surface area contributed by atoms with Crippen LogP contribution in [-0.2, 0) is 20.8 Å². The number of fused-ring (bicyclic) bond motifs is 1. The number of alkyl carbamates (subject to hydrolysis) is 1. The molecule has 2 saturated heterocycles. The van der Waals surface area contributed by atoms with Gasteiger partial charge in [-0.2, -0.15) is 0 Å². The molecule has 5 rings (SSSR count). The largest absolute Gasteiger partial charge is 0.447 e. The number of imidazole rings is 1. The molecule has 0 bridgehead atoms. The maximum atomic E-state index is 12.0. The molecule has 34 heavy (non-hydrogen) atoms. The molecule has 0 aliphatic carbocycles. The van der Waals surface area contributed by atoms with Gasteiger partial charge in [-0.25, -0.2) is 19.7 Å². The molecule has 12 nitrogen and oxygen atoms in total. The molecule has 4 N–H and O–H groups in total. The molecule has 5 atom stereocenters. The molecule has 1 amide bonds. The molecule has 3 aromatic rings. The van der Waals surface area contributed by atoms with Crippen LogP contribution in [-0.4, -0.2) is 80.0 Å². The van der Waals surface area contributed by atoms with Crippen LogP contribution in [0.2, 0.25) is 0 Å². The second-order valence-electron chi connectivity index (χ2n) is 8.24. The third kappa shape index (κ3) is 4.66. The van der Waals surface area contributed by atoms with Crippen molar-refractivity contribution >= 4 is 23.1 Å². The van der Waals surface area contributed by atoms with Crippen molar-refractivity contribution in [3.8, 4) is 0 Å². The first-order valence-electron chi connectivity index (χ1n) is 11.1. The zero-order chi connectivity index (χ0) is 23.5. The first kappa shape index (κ1) is 22.5. The number of carbonyl (C=O) groups is 1. The van der Waals surface area contributed by atoms with Crippen molar-refractivity contribution in [1.29, 1.82) is 0 Å². The molecule has 2 fully saturated rings. The van der Waals surface area contributed by atoms with Crippen molar-refractivity contribution in [3.63, 3.8) is 0 Å². The van der Waals surface area contributed by atoms with E-state index in [2.05, 4.69) is 25.6 Å². The molecule has 2 aliphatic rings. The lowest BCUT2D eigenvalue weighted by molar-refractivity contribution is -0.0533. The molecule has 0 spiro atoms. The highest BCUT2D eigenvalue weighted by atomic mass is 16.6. The Kier molecular flexibility index (Phi) is 6.54. The van der Waals surface area contributed by atoms with Gasteiger partial charge in [0.1, 0.15) is 31.2 Å². The molecule has 1 aromatic carbocycles. The molecule has 4 unspecified atom stereocenters. The minimum atomic E-state index is -1.27. The number of aliphatic hydroxyl groups excluding tert-OH is 2. The fourth-order valence-electron chi connectivity index (χ4n) is 4.06. The Morgan fingerprint density at radius 2 is 2.03 bits per heavy atom. The van der Waals surface area contributed by atoms with Crippen LogP contribution in [0.25, 0.3) is 11.2 Å². The smallest absolute Gasteiger partial charge is 0.407 e. The Morgan fingerprint density at radius 1 is 1.18 bits per heavy atom. The number of amides is 1. The van der Waals surface area contributed by atoms with Gasteiger partial charge in [0.15, 0.2) is 23.2 Å². The van der Waals surface area contributed by atoms with E-state index in [1.807, 2.05) is 30.3 Å². The van der Waals surface area contributed by atoms with E-state index in [1.54, 1.807) is 0 Å². The number of carbonyl (C=O) groups excluding carboxylic acids is 1. The topological polar surface area (TPSA) is 153 Å². The molecule has 2 aliphatic heterocycles. The third-order valence-electron chi connectivity index (χ3n) is 5.90. The number of anilines is 1. The van der Waals surface area contributed by atoms with Crippen molar-refractivity contribution < 1.29 is 29.2 Å². The van der Waals surface area contributed by atoms with Crippen molar-refractivity contribution in [2.75, 3.05) is 25.1 Å². The van der Waals surface area contributed by atoms with Gasteiger partial charge in [0.05, 0.1) is 19.0 Å². The van der Waals surface area contributed by atoms with Crippen LogP contribution in [0.5, 0.6) is 0 Å². The van der Waals surface area contributed by atoms with E-state index in [4.69, 9.17) is 14.2 Å². The van der Waals surface area contributed by atoms with E-state index in [9.17, 15) is 15.0 Å². The SMILES string of the molecule is O=C(NCc1ccccc1)OCC1OC(n2cnc3c(N[C@@H]4CCOC4)ncnc32)C(O)C1O. The quantitative estimate of drug-likeness (QED) is 0.385. The van der Waals surface area contributed by atoms with Crippen LogP contribution in [0.3, 0.4) is 0 Å². The fourth-order valence-corrected chi connectivity index (χ4v) is 4.06. The van der Waals surface area contributed by atoms with Crippen LogP contribution in [0.1, 0.15) is 18.2 Å². The molecule has 4 heterocycles. The van der Waals surface area contributed by atoms with Gasteiger partial charge in [0.25, 0.3) is 0 Å². The average Bonchev–Trinajstić information content (AvgIpc) is 3.59. The standard InChI is InChI=1S/C22H26N6O6/c29-17-15(10-33-22(31)23-8-13-4-2-1-3-5-13)34-21(18(17)30)28-12-26-16-19(24-11-25-20(16)28)27-14-6-7-32-9-14/h1-5,11-12,14-15,17-18,21,29-30H,6-10H2,(H,23,31)(H,24,25,27)/t14-,15?,17?,18?,21?/m1/s1. The summed E-state index contributed by atoms with van der Waals surface area (Å²) >= 11 is 0. The number of aromatic nitrogens is 4. The van der Waals surface area contributed by atoms with Gasteiger partial charge in [0, 0.05) is 13.2 Å². The molecule has 2 aromatic heterocycles. The number of nitrogens with one attached hydrogen (secondary N) is 2.